The van der Waals surface area contributed by atoms with Crippen molar-refractivity contribution in [1.29, 1.82) is 0 Å². The van der Waals surface area contributed by atoms with Gasteiger partial charge in [-0.2, -0.15) is 0 Å². The highest BCUT2D eigenvalue weighted by atomic mass is 32.1. The molecule has 0 aliphatic heterocycles. The second kappa shape index (κ2) is 5.18. The quantitative estimate of drug-likeness (QED) is 0.740. The third-order valence-electron chi connectivity index (χ3n) is 2.71. The molecule has 94 valence electrons. The zero-order valence-electron chi connectivity index (χ0n) is 10.4. The van der Waals surface area contributed by atoms with Gasteiger partial charge < -0.3 is 16.0 Å². The summed E-state index contributed by atoms with van der Waals surface area (Å²) in [6.07, 6.45) is 0.802. The summed E-state index contributed by atoms with van der Waals surface area (Å²) < 4.78 is 0.545. The fourth-order valence-corrected chi connectivity index (χ4v) is 2.08. The SMILES string of the molecule is CCc1c(Nc2ccc(C)cc2)[nH]c(N)nc1=S. The molecule has 0 aliphatic rings. The van der Waals surface area contributed by atoms with Crippen LogP contribution in [0.25, 0.3) is 0 Å². The van der Waals surface area contributed by atoms with Gasteiger partial charge in [-0.25, -0.2) is 4.98 Å². The fraction of sp³-hybridized carbons (Fsp3) is 0.231. The third-order valence-corrected chi connectivity index (χ3v) is 3.05. The Morgan fingerprint density at radius 1 is 1.33 bits per heavy atom. The number of hydrogen-bond donors (Lipinski definition) is 3. The van der Waals surface area contributed by atoms with Gasteiger partial charge in [0.25, 0.3) is 0 Å². The van der Waals surface area contributed by atoms with Gasteiger partial charge in [0, 0.05) is 11.3 Å². The minimum Gasteiger partial charge on any atom is -0.369 e. The topological polar surface area (TPSA) is 66.7 Å². The number of H-pyrrole nitrogens is 1. The average molecular weight is 260 g/mol. The molecule has 0 unspecified atom stereocenters. The zero-order chi connectivity index (χ0) is 13.1. The first-order chi connectivity index (χ1) is 8.60. The zero-order valence-corrected chi connectivity index (χ0v) is 11.3. The van der Waals surface area contributed by atoms with Crippen LogP contribution >= 0.6 is 12.2 Å². The van der Waals surface area contributed by atoms with Gasteiger partial charge in [-0.3, -0.25) is 0 Å². The van der Waals surface area contributed by atoms with Crippen molar-refractivity contribution in [2.24, 2.45) is 0 Å². The van der Waals surface area contributed by atoms with E-state index >= 15 is 0 Å². The number of nitrogens with one attached hydrogen (secondary N) is 2. The van der Waals surface area contributed by atoms with Crippen LogP contribution in [-0.4, -0.2) is 9.97 Å². The first-order valence-electron chi connectivity index (χ1n) is 5.82. The van der Waals surface area contributed by atoms with Gasteiger partial charge in [0.1, 0.15) is 10.5 Å². The molecule has 0 radical (unpaired) electrons. The Kier molecular flexibility index (Phi) is 3.62. The van der Waals surface area contributed by atoms with Crippen LogP contribution in [0.1, 0.15) is 18.1 Å². The number of aromatic nitrogens is 2. The van der Waals surface area contributed by atoms with Gasteiger partial charge in [-0.1, -0.05) is 36.8 Å². The summed E-state index contributed by atoms with van der Waals surface area (Å²) in [7, 11) is 0. The molecule has 1 heterocycles. The standard InChI is InChI=1S/C13H16N4S/c1-3-10-11(16-13(14)17-12(10)18)15-9-6-4-8(2)5-7-9/h4-7H,3H2,1-2H3,(H4,14,15,16,17,18). The molecule has 2 aromatic rings. The molecular weight excluding hydrogens is 244 g/mol. The van der Waals surface area contributed by atoms with Crippen molar-refractivity contribution < 1.29 is 0 Å². The lowest BCUT2D eigenvalue weighted by Gasteiger charge is -2.11. The van der Waals surface area contributed by atoms with E-state index < -0.39 is 0 Å². The Hall–Kier alpha value is -1.88. The molecule has 1 aromatic carbocycles. The molecule has 0 bridgehead atoms. The number of nitrogens with zero attached hydrogens (tertiary/aromatic N) is 1. The Bertz CT molecular complexity index is 601. The van der Waals surface area contributed by atoms with Crippen molar-refractivity contribution in [2.45, 2.75) is 20.3 Å². The number of hydrogen-bond acceptors (Lipinski definition) is 4. The van der Waals surface area contributed by atoms with E-state index in [0.29, 0.717) is 10.6 Å². The number of nitrogen functional groups attached to an aromatic ring is 1. The summed E-state index contributed by atoms with van der Waals surface area (Å²) >= 11 is 5.21. The monoisotopic (exact) mass is 260 g/mol. The lowest BCUT2D eigenvalue weighted by Crippen LogP contribution is -2.04. The van der Waals surface area contributed by atoms with Crippen molar-refractivity contribution >= 4 is 29.7 Å². The first-order valence-corrected chi connectivity index (χ1v) is 6.23. The van der Waals surface area contributed by atoms with Gasteiger partial charge in [-0.05, 0) is 25.5 Å². The van der Waals surface area contributed by atoms with Crippen molar-refractivity contribution in [3.05, 3.63) is 40.0 Å². The van der Waals surface area contributed by atoms with Gasteiger partial charge in [0.05, 0.1) is 0 Å². The predicted molar refractivity (Wildman–Crippen MR) is 77.7 cm³/mol. The number of aromatic amines is 1. The smallest absolute Gasteiger partial charge is 0.200 e. The van der Waals surface area contributed by atoms with Crippen LogP contribution in [0.3, 0.4) is 0 Å². The molecule has 0 aliphatic carbocycles. The molecule has 0 atom stereocenters. The van der Waals surface area contributed by atoms with E-state index in [1.54, 1.807) is 0 Å². The van der Waals surface area contributed by atoms with Gasteiger partial charge in [0.2, 0.25) is 0 Å². The van der Waals surface area contributed by atoms with Crippen molar-refractivity contribution in [2.75, 3.05) is 11.1 Å². The molecule has 1 aromatic heterocycles. The van der Waals surface area contributed by atoms with E-state index in [1.807, 2.05) is 31.2 Å². The number of aryl methyl sites for hydroxylation is 1. The van der Waals surface area contributed by atoms with Gasteiger partial charge in [0.15, 0.2) is 5.95 Å². The van der Waals surface area contributed by atoms with Crippen LogP contribution < -0.4 is 11.1 Å². The molecule has 0 saturated carbocycles. The van der Waals surface area contributed by atoms with E-state index in [9.17, 15) is 0 Å². The van der Waals surface area contributed by atoms with Crippen LogP contribution in [0.5, 0.6) is 0 Å². The maximum absolute atomic E-state index is 5.69. The van der Waals surface area contributed by atoms with E-state index in [0.717, 1.165) is 23.5 Å². The second-order valence-electron chi connectivity index (χ2n) is 4.13. The summed E-state index contributed by atoms with van der Waals surface area (Å²) in [4.78, 5) is 7.08. The van der Waals surface area contributed by atoms with Crippen molar-refractivity contribution in [3.63, 3.8) is 0 Å². The van der Waals surface area contributed by atoms with Crippen LogP contribution in [0.2, 0.25) is 0 Å². The van der Waals surface area contributed by atoms with E-state index in [-0.39, 0.29) is 0 Å². The average Bonchev–Trinajstić information content (AvgIpc) is 2.32. The number of rotatable bonds is 3. The Balaban J connectivity index is 2.39. The molecular formula is C13H16N4S. The summed E-state index contributed by atoms with van der Waals surface area (Å²) in [5, 5.41) is 3.29. The highest BCUT2D eigenvalue weighted by Gasteiger charge is 2.06. The molecule has 2 rings (SSSR count). The maximum atomic E-state index is 5.69. The molecule has 18 heavy (non-hydrogen) atoms. The lowest BCUT2D eigenvalue weighted by atomic mass is 10.2. The van der Waals surface area contributed by atoms with Crippen molar-refractivity contribution in [3.8, 4) is 0 Å². The lowest BCUT2D eigenvalue weighted by molar-refractivity contribution is 1.04. The predicted octanol–water partition coefficient (Wildman–Crippen LogP) is 3.34. The number of anilines is 3. The summed E-state index contributed by atoms with van der Waals surface area (Å²) in [5.74, 6) is 1.14. The molecule has 0 spiro atoms. The molecule has 4 N–H and O–H groups in total. The molecule has 0 amide bonds. The molecule has 0 saturated heterocycles. The summed E-state index contributed by atoms with van der Waals surface area (Å²) in [6, 6.07) is 8.13. The van der Waals surface area contributed by atoms with Crippen LogP contribution in [0.4, 0.5) is 17.5 Å². The first kappa shape index (κ1) is 12.6. The maximum Gasteiger partial charge on any atom is 0.200 e. The molecule has 0 fully saturated rings. The van der Waals surface area contributed by atoms with Gasteiger partial charge in [-0.15, -0.1) is 0 Å². The third kappa shape index (κ3) is 2.68. The van der Waals surface area contributed by atoms with Gasteiger partial charge >= 0.3 is 0 Å². The fourth-order valence-electron chi connectivity index (χ4n) is 1.73. The van der Waals surface area contributed by atoms with E-state index in [2.05, 4.69) is 22.2 Å². The highest BCUT2D eigenvalue weighted by Crippen LogP contribution is 2.20. The Morgan fingerprint density at radius 3 is 2.61 bits per heavy atom. The van der Waals surface area contributed by atoms with E-state index in [4.69, 9.17) is 18.0 Å². The highest BCUT2D eigenvalue weighted by molar-refractivity contribution is 7.71. The molecule has 4 nitrogen and oxygen atoms in total. The largest absolute Gasteiger partial charge is 0.369 e. The molecule has 5 heteroatoms. The normalized spacial score (nSPS) is 10.3. The summed E-state index contributed by atoms with van der Waals surface area (Å²) in [5.41, 5.74) is 8.87. The summed E-state index contributed by atoms with van der Waals surface area (Å²) in [6.45, 7) is 4.09. The number of nitrogens with two attached hydrogens (primary N) is 1. The van der Waals surface area contributed by atoms with Crippen LogP contribution in [0.15, 0.2) is 24.3 Å². The Morgan fingerprint density at radius 2 is 2.00 bits per heavy atom. The minimum absolute atomic E-state index is 0.326. The number of benzene rings is 1. The van der Waals surface area contributed by atoms with E-state index in [1.165, 1.54) is 5.56 Å². The van der Waals surface area contributed by atoms with Crippen molar-refractivity contribution in [1.82, 2.24) is 9.97 Å². The second-order valence-corrected chi connectivity index (χ2v) is 4.51. The van der Waals surface area contributed by atoms with Crippen LogP contribution in [-0.2, 0) is 6.42 Å². The Labute approximate surface area is 111 Å². The minimum atomic E-state index is 0.326. The van der Waals surface area contributed by atoms with Crippen LogP contribution in [0, 0.1) is 11.6 Å².